The Hall–Kier alpha value is -0.360. The molecule has 1 aliphatic carbocycles. The second-order valence-corrected chi connectivity index (χ2v) is 6.98. The molecule has 1 aliphatic rings. The maximum Gasteiger partial charge on any atom is 0.244 e. The van der Waals surface area contributed by atoms with Gasteiger partial charge in [0.15, 0.2) is 0 Å². The number of hydrogen-bond donors (Lipinski definition) is 0. The first-order valence-electron chi connectivity index (χ1n) is 5.18. The molecule has 0 aromatic carbocycles. The van der Waals surface area contributed by atoms with Crippen molar-refractivity contribution in [2.45, 2.75) is 17.7 Å². The summed E-state index contributed by atoms with van der Waals surface area (Å²) in [5.41, 5.74) is 0. The van der Waals surface area contributed by atoms with E-state index in [1.165, 1.54) is 16.6 Å². The average molecular weight is 295 g/mol. The molecule has 0 saturated heterocycles. The summed E-state index contributed by atoms with van der Waals surface area (Å²) in [4.78, 5) is 3.83. The first-order valence-corrected chi connectivity index (χ1v) is 7.38. The second-order valence-electron chi connectivity index (χ2n) is 4.17. The van der Waals surface area contributed by atoms with Crippen LogP contribution in [0.3, 0.4) is 0 Å². The standard InChI is InChI=1S/C10H12Cl2N2O2S/c1-14(6-7-2-3-7)17(15,16)8-4-9(11)10(12)13-5-8/h4-5,7H,2-3,6H2,1H3. The fraction of sp³-hybridized carbons (Fsp3) is 0.500. The van der Waals surface area contributed by atoms with Crippen molar-refractivity contribution in [3.05, 3.63) is 22.4 Å². The number of hydrogen-bond acceptors (Lipinski definition) is 3. The molecule has 1 saturated carbocycles. The number of nitrogens with zero attached hydrogens (tertiary/aromatic N) is 2. The summed E-state index contributed by atoms with van der Waals surface area (Å²) in [5.74, 6) is 0.491. The summed E-state index contributed by atoms with van der Waals surface area (Å²) in [6.07, 6.45) is 3.42. The van der Waals surface area contributed by atoms with Gasteiger partial charge in [0.1, 0.15) is 10.0 Å². The molecule has 2 rings (SSSR count). The van der Waals surface area contributed by atoms with E-state index in [-0.39, 0.29) is 15.1 Å². The second kappa shape index (κ2) is 4.72. The summed E-state index contributed by atoms with van der Waals surface area (Å²) >= 11 is 11.4. The van der Waals surface area contributed by atoms with Crippen molar-refractivity contribution in [3.63, 3.8) is 0 Å². The normalized spacial score (nSPS) is 16.5. The maximum absolute atomic E-state index is 12.1. The Morgan fingerprint density at radius 3 is 2.65 bits per heavy atom. The fourth-order valence-corrected chi connectivity index (χ4v) is 3.04. The lowest BCUT2D eigenvalue weighted by atomic mass is 10.4. The van der Waals surface area contributed by atoms with E-state index in [2.05, 4.69) is 4.98 Å². The van der Waals surface area contributed by atoms with E-state index in [0.29, 0.717) is 12.5 Å². The van der Waals surface area contributed by atoms with Crippen LogP contribution in [0.15, 0.2) is 17.2 Å². The molecule has 0 spiro atoms. The van der Waals surface area contributed by atoms with Crippen LogP contribution in [0.4, 0.5) is 0 Å². The Morgan fingerprint density at radius 2 is 2.12 bits per heavy atom. The summed E-state index contributed by atoms with van der Waals surface area (Å²) in [6, 6.07) is 1.33. The largest absolute Gasteiger partial charge is 0.244 e. The van der Waals surface area contributed by atoms with Gasteiger partial charge in [-0.25, -0.2) is 17.7 Å². The summed E-state index contributed by atoms with van der Waals surface area (Å²) in [7, 11) is -1.94. The quantitative estimate of drug-likeness (QED) is 0.802. The van der Waals surface area contributed by atoms with Crippen molar-refractivity contribution < 1.29 is 8.42 Å². The molecule has 17 heavy (non-hydrogen) atoms. The van der Waals surface area contributed by atoms with E-state index >= 15 is 0 Å². The maximum atomic E-state index is 12.1. The van der Waals surface area contributed by atoms with Gasteiger partial charge in [-0.2, -0.15) is 0 Å². The highest BCUT2D eigenvalue weighted by Gasteiger charge is 2.29. The van der Waals surface area contributed by atoms with E-state index in [0.717, 1.165) is 12.8 Å². The molecule has 1 fully saturated rings. The zero-order chi connectivity index (χ0) is 12.6. The van der Waals surface area contributed by atoms with Gasteiger partial charge in [0.2, 0.25) is 10.0 Å². The van der Waals surface area contributed by atoms with Crippen molar-refractivity contribution in [3.8, 4) is 0 Å². The summed E-state index contributed by atoms with van der Waals surface area (Å²) in [5, 5.41) is 0.253. The van der Waals surface area contributed by atoms with Gasteiger partial charge in [-0.15, -0.1) is 0 Å². The monoisotopic (exact) mass is 294 g/mol. The van der Waals surface area contributed by atoms with E-state index in [1.807, 2.05) is 0 Å². The molecule has 7 heteroatoms. The lowest BCUT2D eigenvalue weighted by Gasteiger charge is -2.16. The first-order chi connectivity index (χ1) is 7.91. The minimum absolute atomic E-state index is 0.0788. The minimum atomic E-state index is -3.51. The van der Waals surface area contributed by atoms with E-state index < -0.39 is 10.0 Å². The number of pyridine rings is 1. The Morgan fingerprint density at radius 1 is 1.47 bits per heavy atom. The van der Waals surface area contributed by atoms with Crippen LogP contribution in [-0.4, -0.2) is 31.3 Å². The molecule has 0 N–H and O–H groups in total. The van der Waals surface area contributed by atoms with E-state index in [4.69, 9.17) is 23.2 Å². The van der Waals surface area contributed by atoms with Crippen molar-refractivity contribution in [2.24, 2.45) is 5.92 Å². The molecule has 0 radical (unpaired) electrons. The van der Waals surface area contributed by atoms with Crippen molar-refractivity contribution in [1.29, 1.82) is 0 Å². The third kappa shape index (κ3) is 2.91. The van der Waals surface area contributed by atoms with Crippen LogP contribution in [0.2, 0.25) is 10.2 Å². The first kappa shape index (κ1) is 13.1. The Bertz CT molecular complexity index is 529. The highest BCUT2D eigenvalue weighted by atomic mass is 35.5. The van der Waals surface area contributed by atoms with Crippen LogP contribution in [0.5, 0.6) is 0 Å². The van der Waals surface area contributed by atoms with E-state index in [1.54, 1.807) is 7.05 Å². The lowest BCUT2D eigenvalue weighted by molar-refractivity contribution is 0.452. The molecule has 0 atom stereocenters. The molecule has 1 heterocycles. The van der Waals surface area contributed by atoms with Crippen LogP contribution in [0.25, 0.3) is 0 Å². The molecular formula is C10H12Cl2N2O2S. The number of halogens is 2. The summed E-state index contributed by atoms with van der Waals surface area (Å²) in [6.45, 7) is 0.544. The van der Waals surface area contributed by atoms with Crippen LogP contribution in [0, 0.1) is 5.92 Å². The molecular weight excluding hydrogens is 283 g/mol. The highest BCUT2D eigenvalue weighted by Crippen LogP contribution is 2.31. The molecule has 0 amide bonds. The molecule has 1 aromatic heterocycles. The third-order valence-electron chi connectivity index (χ3n) is 2.69. The zero-order valence-electron chi connectivity index (χ0n) is 9.23. The fourth-order valence-electron chi connectivity index (χ4n) is 1.49. The zero-order valence-corrected chi connectivity index (χ0v) is 11.6. The SMILES string of the molecule is CN(CC1CC1)S(=O)(=O)c1cnc(Cl)c(Cl)c1. The van der Waals surface area contributed by atoms with Gasteiger partial charge in [0.05, 0.1) is 5.02 Å². The Balaban J connectivity index is 2.26. The molecule has 0 unspecified atom stereocenters. The van der Waals surface area contributed by atoms with Crippen molar-refractivity contribution in [2.75, 3.05) is 13.6 Å². The van der Waals surface area contributed by atoms with Crippen LogP contribution in [-0.2, 0) is 10.0 Å². The van der Waals surface area contributed by atoms with Crippen LogP contribution >= 0.6 is 23.2 Å². The summed E-state index contributed by atoms with van der Waals surface area (Å²) < 4.78 is 25.6. The average Bonchev–Trinajstić information content (AvgIpc) is 3.05. The van der Waals surface area contributed by atoms with Gasteiger partial charge in [-0.1, -0.05) is 23.2 Å². The van der Waals surface area contributed by atoms with Crippen molar-refractivity contribution in [1.82, 2.24) is 9.29 Å². The molecule has 1 aromatic rings. The van der Waals surface area contributed by atoms with E-state index in [9.17, 15) is 8.42 Å². The van der Waals surface area contributed by atoms with Gasteiger partial charge < -0.3 is 0 Å². The van der Waals surface area contributed by atoms with Crippen molar-refractivity contribution >= 4 is 33.2 Å². The predicted molar refractivity (Wildman–Crippen MR) is 66.8 cm³/mol. The minimum Gasteiger partial charge on any atom is -0.242 e. The van der Waals surface area contributed by atoms with Gasteiger partial charge >= 0.3 is 0 Å². The van der Waals surface area contributed by atoms with Crippen LogP contribution in [0.1, 0.15) is 12.8 Å². The molecule has 0 aliphatic heterocycles. The molecule has 0 bridgehead atoms. The van der Waals surface area contributed by atoms with Crippen LogP contribution < -0.4 is 0 Å². The Kier molecular flexibility index (Phi) is 3.63. The number of sulfonamides is 1. The highest BCUT2D eigenvalue weighted by molar-refractivity contribution is 7.89. The lowest BCUT2D eigenvalue weighted by Crippen LogP contribution is -2.29. The molecule has 4 nitrogen and oxygen atoms in total. The smallest absolute Gasteiger partial charge is 0.242 e. The van der Waals surface area contributed by atoms with Gasteiger partial charge in [0.25, 0.3) is 0 Å². The van der Waals surface area contributed by atoms with Gasteiger partial charge in [0, 0.05) is 19.8 Å². The van der Waals surface area contributed by atoms with Gasteiger partial charge in [-0.3, -0.25) is 0 Å². The topological polar surface area (TPSA) is 50.3 Å². The van der Waals surface area contributed by atoms with Gasteiger partial charge in [-0.05, 0) is 24.8 Å². The molecule has 94 valence electrons. The number of rotatable bonds is 4. The predicted octanol–water partition coefficient (Wildman–Crippen LogP) is 2.42. The number of aromatic nitrogens is 1. The third-order valence-corrected chi connectivity index (χ3v) is 5.17. The Labute approximate surface area is 111 Å².